The fraction of sp³-hybridized carbons (Fsp3) is 0.909. The average molecular weight is 220 g/mol. The summed E-state index contributed by atoms with van der Waals surface area (Å²) in [6.45, 7) is 11.8. The number of amides is 1. The summed E-state index contributed by atoms with van der Waals surface area (Å²) >= 11 is 5.80. The summed E-state index contributed by atoms with van der Waals surface area (Å²) < 4.78 is 0. The van der Waals surface area contributed by atoms with Gasteiger partial charge in [-0.2, -0.15) is 0 Å². The Balaban J connectivity index is 4.31. The zero-order valence-corrected chi connectivity index (χ0v) is 10.6. The molecule has 0 aromatic rings. The minimum atomic E-state index is -0.410. The zero-order chi connectivity index (χ0) is 11.3. The second-order valence-electron chi connectivity index (χ2n) is 4.65. The first-order chi connectivity index (χ1) is 6.34. The highest BCUT2D eigenvalue weighted by Crippen LogP contribution is 2.08. The summed E-state index contributed by atoms with van der Waals surface area (Å²) in [7, 11) is 0. The standard InChI is InChI=1S/C11H22ClNO/c1-8(2)6-13(7-9(3)4)11(14)10(5)12/h8-10H,6-7H2,1-5H3/t10-/m1/s1. The van der Waals surface area contributed by atoms with Crippen LogP contribution in [0.25, 0.3) is 0 Å². The van der Waals surface area contributed by atoms with Gasteiger partial charge >= 0.3 is 0 Å². The number of nitrogens with zero attached hydrogens (tertiary/aromatic N) is 1. The molecule has 0 fully saturated rings. The average Bonchev–Trinajstić information content (AvgIpc) is 1.99. The van der Waals surface area contributed by atoms with Gasteiger partial charge in [0, 0.05) is 13.1 Å². The molecule has 84 valence electrons. The van der Waals surface area contributed by atoms with E-state index in [9.17, 15) is 4.79 Å². The maximum Gasteiger partial charge on any atom is 0.240 e. The highest BCUT2D eigenvalue weighted by atomic mass is 35.5. The fourth-order valence-electron chi connectivity index (χ4n) is 1.39. The van der Waals surface area contributed by atoms with E-state index in [1.807, 2.05) is 4.90 Å². The van der Waals surface area contributed by atoms with Crippen LogP contribution in [0.15, 0.2) is 0 Å². The first-order valence-corrected chi connectivity index (χ1v) is 5.71. The molecule has 0 radical (unpaired) electrons. The maximum absolute atomic E-state index is 11.7. The monoisotopic (exact) mass is 219 g/mol. The van der Waals surface area contributed by atoms with Gasteiger partial charge in [0.15, 0.2) is 0 Å². The van der Waals surface area contributed by atoms with Crippen LogP contribution in [0.3, 0.4) is 0 Å². The van der Waals surface area contributed by atoms with Crippen molar-refractivity contribution in [3.8, 4) is 0 Å². The molecule has 0 bridgehead atoms. The first-order valence-electron chi connectivity index (χ1n) is 5.27. The van der Waals surface area contributed by atoms with Crippen molar-refractivity contribution in [1.82, 2.24) is 4.90 Å². The first kappa shape index (κ1) is 13.8. The fourth-order valence-corrected chi connectivity index (χ4v) is 1.53. The third-order valence-corrected chi connectivity index (χ3v) is 2.01. The van der Waals surface area contributed by atoms with Crippen molar-refractivity contribution < 1.29 is 4.79 Å². The van der Waals surface area contributed by atoms with Gasteiger partial charge in [-0.15, -0.1) is 11.6 Å². The Labute approximate surface area is 92.6 Å². The summed E-state index contributed by atoms with van der Waals surface area (Å²) in [6.07, 6.45) is 0. The van der Waals surface area contributed by atoms with E-state index in [-0.39, 0.29) is 5.91 Å². The van der Waals surface area contributed by atoms with Crippen molar-refractivity contribution in [2.75, 3.05) is 13.1 Å². The highest BCUT2D eigenvalue weighted by Gasteiger charge is 2.19. The minimum absolute atomic E-state index is 0.0501. The Hall–Kier alpha value is -0.240. The Morgan fingerprint density at radius 1 is 1.07 bits per heavy atom. The van der Waals surface area contributed by atoms with E-state index in [0.29, 0.717) is 11.8 Å². The molecule has 14 heavy (non-hydrogen) atoms. The van der Waals surface area contributed by atoms with Gasteiger partial charge in [0.25, 0.3) is 0 Å². The van der Waals surface area contributed by atoms with Crippen LogP contribution >= 0.6 is 11.6 Å². The smallest absolute Gasteiger partial charge is 0.240 e. The van der Waals surface area contributed by atoms with Crippen LogP contribution in [-0.2, 0) is 4.79 Å². The van der Waals surface area contributed by atoms with Gasteiger partial charge < -0.3 is 4.90 Å². The zero-order valence-electron chi connectivity index (χ0n) is 9.88. The number of hydrogen-bond donors (Lipinski definition) is 0. The highest BCUT2D eigenvalue weighted by molar-refractivity contribution is 6.30. The topological polar surface area (TPSA) is 20.3 Å². The second kappa shape index (κ2) is 6.28. The molecule has 0 spiro atoms. The van der Waals surface area contributed by atoms with Gasteiger partial charge in [-0.25, -0.2) is 0 Å². The molecule has 0 saturated carbocycles. The molecule has 3 heteroatoms. The summed E-state index contributed by atoms with van der Waals surface area (Å²) in [6, 6.07) is 0. The molecule has 0 aromatic carbocycles. The van der Waals surface area contributed by atoms with Gasteiger partial charge in [0.2, 0.25) is 5.91 Å². The molecule has 2 nitrogen and oxygen atoms in total. The second-order valence-corrected chi connectivity index (χ2v) is 5.30. The number of hydrogen-bond acceptors (Lipinski definition) is 1. The van der Waals surface area contributed by atoms with Gasteiger partial charge in [-0.1, -0.05) is 27.7 Å². The van der Waals surface area contributed by atoms with Crippen LogP contribution < -0.4 is 0 Å². The third kappa shape index (κ3) is 5.48. The number of alkyl halides is 1. The SMILES string of the molecule is CC(C)CN(CC(C)C)C(=O)[C@@H](C)Cl. The number of halogens is 1. The molecule has 0 saturated heterocycles. The molecule has 0 N–H and O–H groups in total. The van der Waals surface area contributed by atoms with Gasteiger partial charge in [-0.3, -0.25) is 4.79 Å². The molecule has 0 aliphatic rings. The van der Waals surface area contributed by atoms with E-state index in [1.54, 1.807) is 6.92 Å². The van der Waals surface area contributed by atoms with Crippen LogP contribution in [-0.4, -0.2) is 29.3 Å². The Morgan fingerprint density at radius 3 is 1.64 bits per heavy atom. The summed E-state index contributed by atoms with van der Waals surface area (Å²) in [5, 5.41) is -0.410. The largest absolute Gasteiger partial charge is 0.341 e. The molecular weight excluding hydrogens is 198 g/mol. The summed E-state index contributed by atoms with van der Waals surface area (Å²) in [5.41, 5.74) is 0. The Morgan fingerprint density at radius 2 is 1.43 bits per heavy atom. The van der Waals surface area contributed by atoms with Gasteiger partial charge in [-0.05, 0) is 18.8 Å². The van der Waals surface area contributed by atoms with Crippen molar-refractivity contribution in [2.45, 2.75) is 40.0 Å². The minimum Gasteiger partial charge on any atom is -0.341 e. The van der Waals surface area contributed by atoms with E-state index in [0.717, 1.165) is 13.1 Å². The van der Waals surface area contributed by atoms with Crippen LogP contribution in [0.1, 0.15) is 34.6 Å². The van der Waals surface area contributed by atoms with E-state index >= 15 is 0 Å². The van der Waals surface area contributed by atoms with Crippen molar-refractivity contribution in [2.24, 2.45) is 11.8 Å². The lowest BCUT2D eigenvalue weighted by Crippen LogP contribution is -2.40. The quantitative estimate of drug-likeness (QED) is 0.652. The number of carbonyl (C=O) groups excluding carboxylic acids is 1. The molecule has 1 atom stereocenters. The predicted octanol–water partition coefficient (Wildman–Crippen LogP) is 2.75. The third-order valence-electron chi connectivity index (χ3n) is 1.82. The lowest BCUT2D eigenvalue weighted by atomic mass is 10.1. The molecule has 0 heterocycles. The van der Waals surface area contributed by atoms with Crippen molar-refractivity contribution >= 4 is 17.5 Å². The van der Waals surface area contributed by atoms with Crippen LogP contribution in [0.2, 0.25) is 0 Å². The predicted molar refractivity (Wildman–Crippen MR) is 61.6 cm³/mol. The normalized spacial score (nSPS) is 13.4. The van der Waals surface area contributed by atoms with Crippen LogP contribution in [0.5, 0.6) is 0 Å². The molecule has 0 aromatic heterocycles. The molecular formula is C11H22ClNO. The summed E-state index contributed by atoms with van der Waals surface area (Å²) in [4.78, 5) is 13.6. The van der Waals surface area contributed by atoms with Gasteiger partial charge in [0.05, 0.1) is 0 Å². The Bertz CT molecular complexity index is 168. The van der Waals surface area contributed by atoms with Crippen molar-refractivity contribution in [1.29, 1.82) is 0 Å². The van der Waals surface area contributed by atoms with Crippen LogP contribution in [0, 0.1) is 11.8 Å². The maximum atomic E-state index is 11.7. The lowest BCUT2D eigenvalue weighted by Gasteiger charge is -2.27. The lowest BCUT2D eigenvalue weighted by molar-refractivity contribution is -0.131. The molecule has 0 aliphatic heterocycles. The van der Waals surface area contributed by atoms with E-state index in [1.165, 1.54) is 0 Å². The molecule has 0 rings (SSSR count). The number of carbonyl (C=O) groups is 1. The van der Waals surface area contributed by atoms with Crippen molar-refractivity contribution in [3.05, 3.63) is 0 Å². The van der Waals surface area contributed by atoms with Crippen molar-refractivity contribution in [3.63, 3.8) is 0 Å². The summed E-state index contributed by atoms with van der Waals surface area (Å²) in [5.74, 6) is 1.04. The van der Waals surface area contributed by atoms with E-state index in [2.05, 4.69) is 27.7 Å². The molecule has 1 amide bonds. The molecule has 0 unspecified atom stereocenters. The molecule has 0 aliphatic carbocycles. The number of rotatable bonds is 5. The van der Waals surface area contributed by atoms with Crippen LogP contribution in [0.4, 0.5) is 0 Å². The Kier molecular flexibility index (Phi) is 6.17. The van der Waals surface area contributed by atoms with E-state index < -0.39 is 5.38 Å². The van der Waals surface area contributed by atoms with E-state index in [4.69, 9.17) is 11.6 Å². The van der Waals surface area contributed by atoms with Gasteiger partial charge in [0.1, 0.15) is 5.38 Å².